The molecule has 5 heteroatoms. The third kappa shape index (κ3) is 3.20. The Morgan fingerprint density at radius 1 is 1.27 bits per heavy atom. The van der Waals surface area contributed by atoms with Crippen LogP contribution in [0.5, 0.6) is 0 Å². The molecule has 22 heavy (non-hydrogen) atoms. The maximum Gasteiger partial charge on any atom is 0.341 e. The van der Waals surface area contributed by atoms with Crippen molar-refractivity contribution in [2.45, 2.75) is 27.2 Å². The van der Waals surface area contributed by atoms with Crippen molar-refractivity contribution in [3.63, 3.8) is 0 Å². The third-order valence-electron chi connectivity index (χ3n) is 3.46. The molecule has 0 saturated carbocycles. The van der Waals surface area contributed by atoms with E-state index in [9.17, 15) is 9.59 Å². The van der Waals surface area contributed by atoms with E-state index >= 15 is 0 Å². The van der Waals surface area contributed by atoms with Gasteiger partial charge < -0.3 is 10.1 Å². The minimum atomic E-state index is -0.416. The summed E-state index contributed by atoms with van der Waals surface area (Å²) in [7, 11) is 1.35. The molecule has 1 N–H and O–H groups in total. The first-order valence-corrected chi connectivity index (χ1v) is 7.88. The van der Waals surface area contributed by atoms with E-state index in [1.54, 1.807) is 6.07 Å². The third-order valence-corrected chi connectivity index (χ3v) is 4.52. The van der Waals surface area contributed by atoms with Crippen LogP contribution in [0.4, 0.5) is 5.00 Å². The summed E-state index contributed by atoms with van der Waals surface area (Å²) in [5.74, 6) is -0.640. The van der Waals surface area contributed by atoms with Gasteiger partial charge >= 0.3 is 5.97 Å². The lowest BCUT2D eigenvalue weighted by molar-refractivity contribution is 0.0601. The molecule has 4 nitrogen and oxygen atoms in total. The average Bonchev–Trinajstić information content (AvgIpc) is 2.81. The fraction of sp³-hybridized carbons (Fsp3) is 0.294. The van der Waals surface area contributed by atoms with E-state index in [2.05, 4.69) is 5.32 Å². The van der Waals surface area contributed by atoms with Crippen LogP contribution in [0.3, 0.4) is 0 Å². The second-order valence-electron chi connectivity index (χ2n) is 5.01. The molecule has 0 aliphatic rings. The molecule has 0 radical (unpaired) electrons. The number of anilines is 1. The van der Waals surface area contributed by atoms with Crippen molar-refractivity contribution in [2.24, 2.45) is 0 Å². The highest BCUT2D eigenvalue weighted by Gasteiger charge is 2.23. The molecule has 0 aliphatic carbocycles. The van der Waals surface area contributed by atoms with Crippen molar-refractivity contribution < 1.29 is 14.3 Å². The summed E-state index contributed by atoms with van der Waals surface area (Å²) in [5, 5.41) is 3.39. The van der Waals surface area contributed by atoms with Crippen LogP contribution >= 0.6 is 11.3 Å². The van der Waals surface area contributed by atoms with E-state index < -0.39 is 5.97 Å². The van der Waals surface area contributed by atoms with Crippen molar-refractivity contribution in [2.75, 3.05) is 12.4 Å². The molecule has 0 atom stereocenters. The molecule has 0 spiro atoms. The van der Waals surface area contributed by atoms with E-state index in [4.69, 9.17) is 4.74 Å². The number of hydrogen-bond acceptors (Lipinski definition) is 4. The summed E-state index contributed by atoms with van der Waals surface area (Å²) in [4.78, 5) is 25.4. The Morgan fingerprint density at radius 3 is 2.59 bits per heavy atom. The average molecular weight is 317 g/mol. The Kier molecular flexibility index (Phi) is 4.98. The van der Waals surface area contributed by atoms with Gasteiger partial charge in [-0.15, -0.1) is 11.3 Å². The van der Waals surface area contributed by atoms with E-state index in [0.29, 0.717) is 22.5 Å². The molecular formula is C17H19NO3S. The van der Waals surface area contributed by atoms with Crippen molar-refractivity contribution in [3.05, 3.63) is 51.4 Å². The van der Waals surface area contributed by atoms with Gasteiger partial charge in [-0.2, -0.15) is 0 Å². The molecule has 1 amide bonds. The fourth-order valence-electron chi connectivity index (χ4n) is 2.37. The van der Waals surface area contributed by atoms with Crippen LogP contribution in [0.1, 0.15) is 43.6 Å². The van der Waals surface area contributed by atoms with Gasteiger partial charge in [-0.05, 0) is 38.0 Å². The standard InChI is InChI=1S/C17H19NO3S/c1-5-13-11(3)22-16(14(13)17(20)21-4)18-15(19)12-8-6-7-10(2)9-12/h6-9H,5H2,1-4H3,(H,18,19). The molecule has 1 aromatic carbocycles. The minimum Gasteiger partial charge on any atom is -0.465 e. The van der Waals surface area contributed by atoms with Gasteiger partial charge in [0.1, 0.15) is 5.00 Å². The zero-order valence-electron chi connectivity index (χ0n) is 13.1. The van der Waals surface area contributed by atoms with Crippen LogP contribution in [0, 0.1) is 13.8 Å². The number of rotatable bonds is 4. The molecular weight excluding hydrogens is 298 g/mol. The highest BCUT2D eigenvalue weighted by molar-refractivity contribution is 7.16. The first-order chi connectivity index (χ1) is 10.5. The summed E-state index contributed by atoms with van der Waals surface area (Å²) in [6.45, 7) is 5.85. The van der Waals surface area contributed by atoms with Gasteiger partial charge in [0.25, 0.3) is 5.91 Å². The molecule has 0 aliphatic heterocycles. The monoisotopic (exact) mass is 317 g/mol. The Bertz CT molecular complexity index is 719. The van der Waals surface area contributed by atoms with Gasteiger partial charge in [0, 0.05) is 10.4 Å². The molecule has 0 fully saturated rings. The number of esters is 1. The predicted molar refractivity (Wildman–Crippen MR) is 88.9 cm³/mol. The SMILES string of the molecule is CCc1c(C)sc(NC(=O)c2cccc(C)c2)c1C(=O)OC. The lowest BCUT2D eigenvalue weighted by atomic mass is 10.1. The van der Waals surface area contributed by atoms with Gasteiger partial charge in [0.05, 0.1) is 12.7 Å². The van der Waals surface area contributed by atoms with Gasteiger partial charge in [-0.3, -0.25) is 4.79 Å². The van der Waals surface area contributed by atoms with Gasteiger partial charge in [-0.1, -0.05) is 24.6 Å². The normalized spacial score (nSPS) is 10.4. The first-order valence-electron chi connectivity index (χ1n) is 7.06. The summed E-state index contributed by atoms with van der Waals surface area (Å²) < 4.78 is 4.86. The van der Waals surface area contributed by atoms with E-state index in [-0.39, 0.29) is 5.91 Å². The molecule has 1 heterocycles. The van der Waals surface area contributed by atoms with Crippen molar-refractivity contribution in [1.29, 1.82) is 0 Å². The smallest absolute Gasteiger partial charge is 0.341 e. The predicted octanol–water partition coefficient (Wildman–Crippen LogP) is 3.97. The summed E-state index contributed by atoms with van der Waals surface area (Å²) >= 11 is 1.40. The zero-order chi connectivity index (χ0) is 16.3. The molecule has 0 saturated heterocycles. The highest BCUT2D eigenvalue weighted by Crippen LogP contribution is 2.34. The quantitative estimate of drug-likeness (QED) is 0.868. The lowest BCUT2D eigenvalue weighted by Gasteiger charge is -2.07. The van der Waals surface area contributed by atoms with Crippen molar-refractivity contribution in [3.8, 4) is 0 Å². The fourth-order valence-corrected chi connectivity index (χ4v) is 3.50. The number of nitrogens with one attached hydrogen (secondary N) is 1. The number of aryl methyl sites for hydroxylation is 2. The molecule has 1 aromatic heterocycles. The Labute approximate surface area is 134 Å². The van der Waals surface area contributed by atoms with Crippen LogP contribution in [-0.2, 0) is 11.2 Å². The Hall–Kier alpha value is -2.14. The topological polar surface area (TPSA) is 55.4 Å². The van der Waals surface area contributed by atoms with E-state index in [1.165, 1.54) is 18.4 Å². The van der Waals surface area contributed by atoms with E-state index in [1.807, 2.05) is 39.0 Å². The Morgan fingerprint density at radius 2 is 2.00 bits per heavy atom. The molecule has 2 rings (SSSR count). The number of methoxy groups -OCH3 is 1. The zero-order valence-corrected chi connectivity index (χ0v) is 14.0. The molecule has 116 valence electrons. The number of carbonyl (C=O) groups is 2. The maximum absolute atomic E-state index is 12.4. The second-order valence-corrected chi connectivity index (χ2v) is 6.23. The number of thiophene rings is 1. The maximum atomic E-state index is 12.4. The van der Waals surface area contributed by atoms with Crippen LogP contribution < -0.4 is 5.32 Å². The van der Waals surface area contributed by atoms with Gasteiger partial charge in [0.2, 0.25) is 0 Å². The number of benzene rings is 1. The van der Waals surface area contributed by atoms with Crippen LogP contribution in [0.15, 0.2) is 24.3 Å². The molecule has 0 unspecified atom stereocenters. The van der Waals surface area contributed by atoms with E-state index in [0.717, 1.165) is 16.0 Å². The number of carbonyl (C=O) groups excluding carboxylic acids is 2. The van der Waals surface area contributed by atoms with Crippen molar-refractivity contribution >= 4 is 28.2 Å². The largest absolute Gasteiger partial charge is 0.465 e. The van der Waals surface area contributed by atoms with Crippen LogP contribution in [-0.4, -0.2) is 19.0 Å². The van der Waals surface area contributed by atoms with Gasteiger partial charge in [-0.25, -0.2) is 4.79 Å². The van der Waals surface area contributed by atoms with Crippen molar-refractivity contribution in [1.82, 2.24) is 0 Å². The minimum absolute atomic E-state index is 0.224. The first kappa shape index (κ1) is 16.2. The van der Waals surface area contributed by atoms with Crippen LogP contribution in [0.25, 0.3) is 0 Å². The lowest BCUT2D eigenvalue weighted by Crippen LogP contribution is -2.14. The summed E-state index contributed by atoms with van der Waals surface area (Å²) in [5.41, 5.74) is 2.97. The number of amides is 1. The Balaban J connectivity index is 2.37. The number of hydrogen-bond donors (Lipinski definition) is 1. The molecule has 0 bridgehead atoms. The summed E-state index contributed by atoms with van der Waals surface area (Å²) in [6, 6.07) is 7.33. The van der Waals surface area contributed by atoms with Gasteiger partial charge in [0.15, 0.2) is 0 Å². The second kappa shape index (κ2) is 6.75. The van der Waals surface area contributed by atoms with Crippen LogP contribution in [0.2, 0.25) is 0 Å². The summed E-state index contributed by atoms with van der Waals surface area (Å²) in [6.07, 6.45) is 0.715. The number of ether oxygens (including phenoxy) is 1. The molecule has 2 aromatic rings. The highest BCUT2D eigenvalue weighted by atomic mass is 32.1.